The second kappa shape index (κ2) is 11.6. The van der Waals surface area contributed by atoms with E-state index in [2.05, 4.69) is 25.8 Å². The third kappa shape index (κ3) is 7.23. The normalized spacial score (nSPS) is 18.0. The molecule has 1 saturated heterocycles. The first-order valence-corrected chi connectivity index (χ1v) is 14.7. The molecule has 0 radical (unpaired) electrons. The summed E-state index contributed by atoms with van der Waals surface area (Å²) in [5.74, 6) is 0.933. The average molecular weight is 642 g/mol. The number of hydrogen-bond acceptors (Lipinski definition) is 6. The molecule has 2 unspecified atom stereocenters. The average Bonchev–Trinajstić information content (AvgIpc) is 3.38. The Morgan fingerprint density at radius 2 is 1.79 bits per heavy atom. The zero-order valence-electron chi connectivity index (χ0n) is 24.2. The largest absolute Gasteiger partial charge is 0.444 e. The predicted octanol–water partition coefficient (Wildman–Crippen LogP) is 6.79. The summed E-state index contributed by atoms with van der Waals surface area (Å²) < 4.78 is 45.2. The van der Waals surface area contributed by atoms with E-state index in [1.807, 2.05) is 6.07 Å². The van der Waals surface area contributed by atoms with Crippen LogP contribution in [0.25, 0.3) is 11.0 Å². The van der Waals surface area contributed by atoms with Crippen LogP contribution in [0.15, 0.2) is 24.3 Å². The predicted molar refractivity (Wildman–Crippen MR) is 160 cm³/mol. The Balaban J connectivity index is 1.42. The van der Waals surface area contributed by atoms with Crippen molar-refractivity contribution in [2.75, 3.05) is 29.9 Å². The molecule has 2 aromatic carbocycles. The summed E-state index contributed by atoms with van der Waals surface area (Å²) in [6, 6.07) is 6.79. The van der Waals surface area contributed by atoms with E-state index in [0.29, 0.717) is 50.8 Å². The van der Waals surface area contributed by atoms with Crippen molar-refractivity contribution >= 4 is 63.6 Å². The van der Waals surface area contributed by atoms with Crippen molar-refractivity contribution in [3.63, 3.8) is 0 Å². The Bertz CT molecular complexity index is 1560. The highest BCUT2D eigenvalue weighted by molar-refractivity contribution is 6.39. The van der Waals surface area contributed by atoms with Gasteiger partial charge < -0.3 is 30.2 Å². The number of alkyl carbamates (subject to hydrolysis) is 1. The number of rotatable bonds is 8. The van der Waals surface area contributed by atoms with Crippen LogP contribution < -0.4 is 20.9 Å². The highest BCUT2D eigenvalue weighted by Gasteiger charge is 2.45. The molecule has 0 spiro atoms. The van der Waals surface area contributed by atoms with Gasteiger partial charge in [0.25, 0.3) is 5.91 Å². The number of halogens is 5. The van der Waals surface area contributed by atoms with Gasteiger partial charge in [-0.1, -0.05) is 29.3 Å². The molecule has 9 nitrogen and oxygen atoms in total. The van der Waals surface area contributed by atoms with Crippen LogP contribution in [0.4, 0.5) is 35.3 Å². The van der Waals surface area contributed by atoms with Gasteiger partial charge in [0.15, 0.2) is 0 Å². The summed E-state index contributed by atoms with van der Waals surface area (Å²) >= 11 is 13.2. The highest BCUT2D eigenvalue weighted by Crippen LogP contribution is 2.47. The fourth-order valence-electron chi connectivity index (χ4n) is 5.23. The Hall–Kier alpha value is -3.38. The van der Waals surface area contributed by atoms with Gasteiger partial charge in [0, 0.05) is 33.2 Å². The van der Waals surface area contributed by atoms with Crippen molar-refractivity contribution in [2.45, 2.75) is 51.9 Å². The molecule has 2 heterocycles. The number of aryl methyl sites for hydroxylation is 1. The van der Waals surface area contributed by atoms with E-state index in [1.54, 1.807) is 50.6 Å². The fourth-order valence-corrected chi connectivity index (χ4v) is 5.76. The van der Waals surface area contributed by atoms with Gasteiger partial charge in [-0.15, -0.1) is 0 Å². The Kier molecular flexibility index (Phi) is 8.38. The minimum Gasteiger partial charge on any atom is -0.444 e. The van der Waals surface area contributed by atoms with Crippen LogP contribution in [0.1, 0.15) is 49.5 Å². The van der Waals surface area contributed by atoms with Crippen LogP contribution in [0.2, 0.25) is 10.0 Å². The van der Waals surface area contributed by atoms with E-state index in [4.69, 9.17) is 27.9 Å². The monoisotopic (exact) mass is 640 g/mol. The van der Waals surface area contributed by atoms with Crippen molar-refractivity contribution in [1.82, 2.24) is 20.2 Å². The number of piperidine rings is 1. The van der Waals surface area contributed by atoms with Crippen molar-refractivity contribution in [2.24, 2.45) is 18.9 Å². The molecule has 1 saturated carbocycles. The number of aromatic nitrogens is 2. The lowest BCUT2D eigenvalue weighted by molar-refractivity contribution is -0.133. The van der Waals surface area contributed by atoms with E-state index < -0.39 is 36.7 Å². The number of fused-ring (bicyclic) bond motifs is 2. The lowest BCUT2D eigenvalue weighted by atomic mass is 10.1. The van der Waals surface area contributed by atoms with Gasteiger partial charge in [0.1, 0.15) is 5.60 Å². The van der Waals surface area contributed by atoms with Crippen molar-refractivity contribution in [1.29, 1.82) is 0 Å². The van der Waals surface area contributed by atoms with Crippen molar-refractivity contribution in [3.05, 3.63) is 45.4 Å². The standard InChI is InChI=1S/C29H33Cl2F3N6O3/c1-28(2,3)43-27(42)36-12-15-5-6-19(30)24(23(15)31)38-26-37-20-10-18(25(41)35-8-7-29(32,33)34)21(11-22(20)39(26)4)40-13-16-9-17(16)14-40/h5-6,10-11,16-17H,7-9,12-14H2,1-4H3,(H,35,41)(H,36,42)(H,37,38). The van der Waals surface area contributed by atoms with E-state index >= 15 is 0 Å². The van der Waals surface area contributed by atoms with E-state index in [1.165, 1.54) is 0 Å². The van der Waals surface area contributed by atoms with E-state index in [9.17, 15) is 22.8 Å². The molecule has 1 aliphatic carbocycles. The summed E-state index contributed by atoms with van der Waals surface area (Å²) in [7, 11) is 1.79. The van der Waals surface area contributed by atoms with Gasteiger partial charge in [-0.2, -0.15) is 13.2 Å². The zero-order valence-corrected chi connectivity index (χ0v) is 25.7. The Morgan fingerprint density at radius 1 is 1.09 bits per heavy atom. The number of carbonyl (C=O) groups is 2. The number of alkyl halides is 3. The molecule has 3 N–H and O–H groups in total. The first-order valence-electron chi connectivity index (χ1n) is 13.9. The van der Waals surface area contributed by atoms with E-state index in [0.717, 1.165) is 19.5 Å². The van der Waals surface area contributed by atoms with Gasteiger partial charge in [-0.05, 0) is 62.8 Å². The number of anilines is 3. The summed E-state index contributed by atoms with van der Waals surface area (Å²) in [6.45, 7) is 6.45. The summed E-state index contributed by atoms with van der Waals surface area (Å²) in [4.78, 5) is 32.0. The fraction of sp³-hybridized carbons (Fsp3) is 0.483. The third-order valence-corrected chi connectivity index (χ3v) is 8.23. The highest BCUT2D eigenvalue weighted by atomic mass is 35.5. The number of benzene rings is 2. The number of nitrogens with zero attached hydrogens (tertiary/aromatic N) is 3. The van der Waals surface area contributed by atoms with Gasteiger partial charge in [-0.25, -0.2) is 9.78 Å². The van der Waals surface area contributed by atoms with Gasteiger partial charge in [-0.3, -0.25) is 4.79 Å². The maximum atomic E-state index is 13.1. The van der Waals surface area contributed by atoms with Gasteiger partial charge in [0.2, 0.25) is 5.95 Å². The van der Waals surface area contributed by atoms with Crippen molar-refractivity contribution < 1.29 is 27.5 Å². The molecule has 0 bridgehead atoms. The molecule has 14 heteroatoms. The molecule has 1 aliphatic heterocycles. The Morgan fingerprint density at radius 3 is 2.44 bits per heavy atom. The third-order valence-electron chi connectivity index (χ3n) is 7.49. The molecular formula is C29H33Cl2F3N6O3. The van der Waals surface area contributed by atoms with Crippen LogP contribution in [0.5, 0.6) is 0 Å². The quantitative estimate of drug-likeness (QED) is 0.251. The topological polar surface area (TPSA) is 101 Å². The zero-order chi connectivity index (χ0) is 31.3. The maximum Gasteiger partial charge on any atom is 0.407 e. The lowest BCUT2D eigenvalue weighted by Gasteiger charge is -2.23. The van der Waals surface area contributed by atoms with Crippen molar-refractivity contribution in [3.8, 4) is 0 Å². The van der Waals surface area contributed by atoms with Crippen LogP contribution in [-0.2, 0) is 18.3 Å². The molecule has 3 aromatic rings. The van der Waals surface area contributed by atoms with Crippen LogP contribution >= 0.6 is 23.2 Å². The summed E-state index contributed by atoms with van der Waals surface area (Å²) in [5.41, 5.74) is 2.41. The minimum atomic E-state index is -4.37. The molecular weight excluding hydrogens is 608 g/mol. The number of carbonyl (C=O) groups excluding carboxylic acids is 2. The van der Waals surface area contributed by atoms with Crippen LogP contribution in [-0.4, -0.2) is 53.0 Å². The number of hydrogen-bond donors (Lipinski definition) is 3. The molecule has 1 aromatic heterocycles. The molecule has 232 valence electrons. The molecule has 2 atom stereocenters. The number of amides is 2. The first kappa shape index (κ1) is 31.1. The second-order valence-electron chi connectivity index (χ2n) is 12.0. The van der Waals surface area contributed by atoms with Gasteiger partial charge in [0.05, 0.1) is 44.4 Å². The number of ether oxygens (including phenoxy) is 1. The Labute approximate surface area is 257 Å². The maximum absolute atomic E-state index is 13.1. The lowest BCUT2D eigenvalue weighted by Crippen LogP contribution is -2.32. The number of imidazole rings is 1. The molecule has 5 rings (SSSR count). The minimum absolute atomic E-state index is 0.0934. The molecule has 2 amide bonds. The second-order valence-corrected chi connectivity index (χ2v) is 12.8. The van der Waals surface area contributed by atoms with Gasteiger partial charge >= 0.3 is 12.3 Å². The van der Waals surface area contributed by atoms with Crippen LogP contribution in [0.3, 0.4) is 0 Å². The summed E-state index contributed by atoms with van der Waals surface area (Å²) in [6.07, 6.45) is -4.92. The number of nitrogens with one attached hydrogen (secondary N) is 3. The molecule has 43 heavy (non-hydrogen) atoms. The smallest absolute Gasteiger partial charge is 0.407 e. The molecule has 2 fully saturated rings. The summed E-state index contributed by atoms with van der Waals surface area (Å²) in [5, 5.41) is 8.85. The van der Waals surface area contributed by atoms with Crippen LogP contribution in [0, 0.1) is 11.8 Å². The first-order chi connectivity index (χ1) is 20.1. The SMILES string of the molecule is Cn1c(Nc2c(Cl)ccc(CNC(=O)OC(C)(C)C)c2Cl)nc2cc(C(=O)NCCC(F)(F)F)c(N3CC4CC4C3)cc21. The molecule has 2 aliphatic rings. The van der Waals surface area contributed by atoms with E-state index in [-0.39, 0.29) is 17.1 Å².